The number of ether oxygens (including phenoxy) is 2. The predicted octanol–water partition coefficient (Wildman–Crippen LogP) is 3.15. The molecule has 0 atom stereocenters. The third-order valence-electron chi connectivity index (χ3n) is 2.23. The van der Waals surface area contributed by atoms with Crippen LogP contribution >= 0.6 is 0 Å². The Bertz CT molecular complexity index is 533. The Morgan fingerprint density at radius 3 is 1.86 bits per heavy atom. The smallest absolute Gasteiger partial charge is 0.346 e. The topological polar surface area (TPSA) is 65.5 Å². The van der Waals surface area contributed by atoms with Crippen molar-refractivity contribution in [2.24, 2.45) is 0 Å². The van der Waals surface area contributed by atoms with Gasteiger partial charge in [-0.3, -0.25) is 4.98 Å². The largest absolute Gasteiger partial charge is 0.456 e. The van der Waals surface area contributed by atoms with Crippen LogP contribution in [-0.4, -0.2) is 28.1 Å². The Kier molecular flexibility index (Phi) is 5.47. The van der Waals surface area contributed by atoms with Gasteiger partial charge in [0.1, 0.15) is 16.8 Å². The Hall–Kier alpha value is -2.17. The quantitative estimate of drug-likeness (QED) is 0.371. The second-order valence-electron chi connectivity index (χ2n) is 6.85. The van der Waals surface area contributed by atoms with Gasteiger partial charge >= 0.3 is 11.9 Å². The van der Waals surface area contributed by atoms with Crippen molar-refractivity contribution < 1.29 is 19.1 Å². The summed E-state index contributed by atoms with van der Waals surface area (Å²) in [7, 11) is 0. The summed E-state index contributed by atoms with van der Waals surface area (Å²) >= 11 is 0. The third kappa shape index (κ3) is 6.52. The standard InChI is InChI=1S/C17H23NO4/c1-16(2,3)21-14(19)13(15(20)22-17(4,5)6)10-12-8-7-9-18-11-12/h7-11H,1-6H3. The normalized spacial score (nSPS) is 11.5. The number of carbonyl (C=O) groups excluding carboxylic acids is 2. The maximum Gasteiger partial charge on any atom is 0.346 e. The molecule has 5 nitrogen and oxygen atoms in total. The summed E-state index contributed by atoms with van der Waals surface area (Å²) in [5.41, 5.74) is -0.938. The van der Waals surface area contributed by atoms with Gasteiger partial charge in [0.05, 0.1) is 0 Å². The molecule has 0 unspecified atom stereocenters. The van der Waals surface area contributed by atoms with Gasteiger partial charge in [-0.15, -0.1) is 0 Å². The number of aromatic nitrogens is 1. The van der Waals surface area contributed by atoms with Gasteiger partial charge in [-0.25, -0.2) is 9.59 Å². The molecule has 0 aliphatic heterocycles. The van der Waals surface area contributed by atoms with Gasteiger partial charge in [0.25, 0.3) is 0 Å². The van der Waals surface area contributed by atoms with Crippen molar-refractivity contribution in [3.05, 3.63) is 35.7 Å². The lowest BCUT2D eigenvalue weighted by molar-refractivity contribution is -0.158. The van der Waals surface area contributed by atoms with Crippen molar-refractivity contribution in [2.75, 3.05) is 0 Å². The molecule has 0 aromatic carbocycles. The van der Waals surface area contributed by atoms with E-state index in [1.807, 2.05) is 0 Å². The molecule has 0 aliphatic carbocycles. The molecule has 0 bridgehead atoms. The SMILES string of the molecule is CC(C)(C)OC(=O)C(=Cc1cccnc1)C(=O)OC(C)(C)C. The van der Waals surface area contributed by atoms with Crippen molar-refractivity contribution in [3.63, 3.8) is 0 Å². The van der Waals surface area contributed by atoms with Crippen LogP contribution in [0.3, 0.4) is 0 Å². The van der Waals surface area contributed by atoms with Gasteiger partial charge in [-0.05, 0) is 59.2 Å². The molecule has 0 amide bonds. The van der Waals surface area contributed by atoms with E-state index in [1.165, 1.54) is 6.08 Å². The lowest BCUT2D eigenvalue weighted by Gasteiger charge is -2.23. The van der Waals surface area contributed by atoms with E-state index in [1.54, 1.807) is 66.1 Å². The van der Waals surface area contributed by atoms with Crippen molar-refractivity contribution in [2.45, 2.75) is 52.7 Å². The number of hydrogen-bond donors (Lipinski definition) is 0. The molecule has 1 rings (SSSR count). The second-order valence-corrected chi connectivity index (χ2v) is 6.85. The number of carbonyl (C=O) groups is 2. The lowest BCUT2D eigenvalue weighted by Crippen LogP contribution is -2.31. The van der Waals surface area contributed by atoms with E-state index in [-0.39, 0.29) is 5.57 Å². The van der Waals surface area contributed by atoms with Crippen molar-refractivity contribution in [1.29, 1.82) is 0 Å². The molecule has 0 saturated heterocycles. The fourth-order valence-electron chi connectivity index (χ4n) is 1.50. The number of hydrogen-bond acceptors (Lipinski definition) is 5. The molecule has 120 valence electrons. The van der Waals surface area contributed by atoms with E-state index in [0.29, 0.717) is 5.56 Å². The molecule has 0 radical (unpaired) electrons. The van der Waals surface area contributed by atoms with E-state index >= 15 is 0 Å². The van der Waals surface area contributed by atoms with Crippen molar-refractivity contribution >= 4 is 18.0 Å². The van der Waals surface area contributed by atoms with Crippen molar-refractivity contribution in [1.82, 2.24) is 4.98 Å². The average Bonchev–Trinajstić information content (AvgIpc) is 2.32. The van der Waals surface area contributed by atoms with Gasteiger partial charge in [0.15, 0.2) is 0 Å². The molecule has 5 heteroatoms. The second kappa shape index (κ2) is 6.73. The molecule has 1 aromatic heterocycles. The van der Waals surface area contributed by atoms with E-state index in [4.69, 9.17) is 9.47 Å². The molecular formula is C17H23NO4. The monoisotopic (exact) mass is 305 g/mol. The highest BCUT2D eigenvalue weighted by Crippen LogP contribution is 2.18. The fourth-order valence-corrected chi connectivity index (χ4v) is 1.50. The van der Waals surface area contributed by atoms with E-state index in [2.05, 4.69) is 4.98 Å². The predicted molar refractivity (Wildman–Crippen MR) is 83.9 cm³/mol. The molecule has 0 fully saturated rings. The van der Waals surface area contributed by atoms with Crippen LogP contribution in [-0.2, 0) is 19.1 Å². The van der Waals surface area contributed by atoms with Crippen LogP contribution in [0, 0.1) is 0 Å². The van der Waals surface area contributed by atoms with Crippen molar-refractivity contribution in [3.8, 4) is 0 Å². The van der Waals surface area contributed by atoms with Crippen LogP contribution in [0.25, 0.3) is 6.08 Å². The van der Waals surface area contributed by atoms with Gasteiger partial charge in [0, 0.05) is 12.4 Å². The zero-order valence-electron chi connectivity index (χ0n) is 14.0. The number of pyridine rings is 1. The highest BCUT2D eigenvalue weighted by molar-refractivity contribution is 6.17. The molecule has 0 saturated carbocycles. The summed E-state index contributed by atoms with van der Waals surface area (Å²) in [5.74, 6) is -1.43. The zero-order chi connectivity index (χ0) is 17.0. The molecule has 0 aliphatic rings. The average molecular weight is 305 g/mol. The summed E-state index contributed by atoms with van der Waals surface area (Å²) in [6, 6.07) is 3.45. The van der Waals surface area contributed by atoms with Gasteiger partial charge in [-0.1, -0.05) is 6.07 Å². The van der Waals surface area contributed by atoms with Crippen LogP contribution < -0.4 is 0 Å². The first kappa shape index (κ1) is 17.9. The molecule has 0 N–H and O–H groups in total. The molecule has 0 spiro atoms. The van der Waals surface area contributed by atoms with Gasteiger partial charge in [-0.2, -0.15) is 0 Å². The van der Waals surface area contributed by atoms with Crippen LogP contribution in [0.5, 0.6) is 0 Å². The van der Waals surface area contributed by atoms with Crippen LogP contribution in [0.1, 0.15) is 47.1 Å². The first-order valence-corrected chi connectivity index (χ1v) is 7.06. The fraction of sp³-hybridized carbons (Fsp3) is 0.471. The maximum atomic E-state index is 12.3. The zero-order valence-corrected chi connectivity index (χ0v) is 14.0. The minimum absolute atomic E-state index is 0.155. The summed E-state index contributed by atoms with van der Waals surface area (Å²) in [6.45, 7) is 10.4. The number of rotatable bonds is 3. The summed E-state index contributed by atoms with van der Waals surface area (Å²) in [5, 5.41) is 0. The van der Waals surface area contributed by atoms with Gasteiger partial charge < -0.3 is 9.47 Å². The van der Waals surface area contributed by atoms with Crippen LogP contribution in [0.4, 0.5) is 0 Å². The Balaban J connectivity index is 3.13. The third-order valence-corrected chi connectivity index (χ3v) is 2.23. The Labute approximate surface area is 131 Å². The summed E-state index contributed by atoms with van der Waals surface area (Å²) in [6.07, 6.45) is 4.59. The first-order valence-electron chi connectivity index (χ1n) is 7.06. The molecule has 22 heavy (non-hydrogen) atoms. The first-order chi connectivity index (χ1) is 9.98. The number of esters is 2. The van der Waals surface area contributed by atoms with Crippen LogP contribution in [0.15, 0.2) is 30.1 Å². The van der Waals surface area contributed by atoms with E-state index < -0.39 is 23.1 Å². The Morgan fingerprint density at radius 1 is 1.00 bits per heavy atom. The minimum atomic E-state index is -0.717. The molecule has 1 heterocycles. The van der Waals surface area contributed by atoms with E-state index in [9.17, 15) is 9.59 Å². The summed E-state index contributed by atoms with van der Waals surface area (Å²) in [4.78, 5) is 28.5. The van der Waals surface area contributed by atoms with Crippen LogP contribution in [0.2, 0.25) is 0 Å². The minimum Gasteiger partial charge on any atom is -0.456 e. The highest BCUT2D eigenvalue weighted by atomic mass is 16.6. The van der Waals surface area contributed by atoms with Gasteiger partial charge in [0.2, 0.25) is 0 Å². The summed E-state index contributed by atoms with van der Waals surface area (Å²) < 4.78 is 10.6. The highest BCUT2D eigenvalue weighted by Gasteiger charge is 2.28. The molecular weight excluding hydrogens is 282 g/mol. The molecule has 1 aromatic rings. The maximum absolute atomic E-state index is 12.3. The lowest BCUT2D eigenvalue weighted by atomic mass is 10.1. The van der Waals surface area contributed by atoms with E-state index in [0.717, 1.165) is 0 Å². The Morgan fingerprint density at radius 2 is 1.50 bits per heavy atom. The number of nitrogens with zero attached hydrogens (tertiary/aromatic N) is 1.